The van der Waals surface area contributed by atoms with E-state index in [9.17, 15) is 4.79 Å². The van der Waals surface area contributed by atoms with E-state index >= 15 is 0 Å². The smallest absolute Gasteiger partial charge is 0.316 e. The lowest BCUT2D eigenvalue weighted by Crippen LogP contribution is -2.54. The summed E-state index contributed by atoms with van der Waals surface area (Å²) in [6.07, 6.45) is 5.06. The summed E-state index contributed by atoms with van der Waals surface area (Å²) in [6.45, 7) is 2.89. The SMILES string of the molecule is Cc1nnc2n1CCCC2NC(=O)NC1(c2ccccc2)CCC1. The minimum Gasteiger partial charge on any atom is -0.329 e. The Morgan fingerprint density at radius 3 is 2.71 bits per heavy atom. The van der Waals surface area contributed by atoms with E-state index in [-0.39, 0.29) is 17.6 Å². The molecular formula is C18H23N5O. The number of nitrogens with one attached hydrogen (secondary N) is 2. The first-order chi connectivity index (χ1) is 11.7. The maximum Gasteiger partial charge on any atom is 0.316 e. The van der Waals surface area contributed by atoms with E-state index in [0.717, 1.165) is 50.3 Å². The molecule has 0 saturated heterocycles. The first kappa shape index (κ1) is 15.2. The number of hydrogen-bond acceptors (Lipinski definition) is 3. The Bertz CT molecular complexity index is 735. The van der Waals surface area contributed by atoms with E-state index in [1.807, 2.05) is 25.1 Å². The molecule has 1 fully saturated rings. The molecule has 126 valence electrons. The van der Waals surface area contributed by atoms with Crippen LogP contribution in [0, 0.1) is 6.92 Å². The van der Waals surface area contributed by atoms with Gasteiger partial charge >= 0.3 is 6.03 Å². The molecule has 2 amide bonds. The van der Waals surface area contributed by atoms with Crippen LogP contribution in [0.4, 0.5) is 4.79 Å². The molecule has 2 heterocycles. The molecular weight excluding hydrogens is 302 g/mol. The van der Waals surface area contributed by atoms with Gasteiger partial charge in [0.05, 0.1) is 11.6 Å². The van der Waals surface area contributed by atoms with Crippen molar-refractivity contribution < 1.29 is 4.79 Å². The Morgan fingerprint density at radius 2 is 2.00 bits per heavy atom. The number of carbonyl (C=O) groups is 1. The zero-order chi connectivity index (χ0) is 16.6. The molecule has 1 aliphatic carbocycles. The molecule has 6 heteroatoms. The highest BCUT2D eigenvalue weighted by atomic mass is 16.2. The second-order valence-corrected chi connectivity index (χ2v) is 6.85. The molecule has 0 spiro atoms. The van der Waals surface area contributed by atoms with Crippen LogP contribution in [0.3, 0.4) is 0 Å². The van der Waals surface area contributed by atoms with Gasteiger partial charge in [0, 0.05) is 6.54 Å². The van der Waals surface area contributed by atoms with Gasteiger partial charge in [-0.15, -0.1) is 10.2 Å². The van der Waals surface area contributed by atoms with E-state index in [4.69, 9.17) is 0 Å². The van der Waals surface area contributed by atoms with Crippen molar-refractivity contribution in [3.05, 3.63) is 47.5 Å². The number of amides is 2. The fourth-order valence-electron chi connectivity index (χ4n) is 3.84. The monoisotopic (exact) mass is 325 g/mol. The number of rotatable bonds is 3. The minimum absolute atomic E-state index is 0.0622. The van der Waals surface area contributed by atoms with Gasteiger partial charge in [0.1, 0.15) is 5.82 Å². The van der Waals surface area contributed by atoms with Gasteiger partial charge in [-0.05, 0) is 44.6 Å². The van der Waals surface area contributed by atoms with E-state index < -0.39 is 0 Å². The Kier molecular flexibility index (Phi) is 3.75. The second-order valence-electron chi connectivity index (χ2n) is 6.85. The topological polar surface area (TPSA) is 71.8 Å². The van der Waals surface area contributed by atoms with Gasteiger partial charge in [-0.2, -0.15) is 0 Å². The third-order valence-electron chi connectivity index (χ3n) is 5.34. The van der Waals surface area contributed by atoms with E-state index in [1.165, 1.54) is 5.56 Å². The summed E-state index contributed by atoms with van der Waals surface area (Å²) < 4.78 is 2.10. The van der Waals surface area contributed by atoms with Crippen LogP contribution in [0.5, 0.6) is 0 Å². The average molecular weight is 325 g/mol. The zero-order valence-corrected chi connectivity index (χ0v) is 14.0. The third-order valence-corrected chi connectivity index (χ3v) is 5.34. The number of fused-ring (bicyclic) bond motifs is 1. The van der Waals surface area contributed by atoms with E-state index in [0.29, 0.717) is 0 Å². The molecule has 1 aliphatic heterocycles. The fraction of sp³-hybridized carbons (Fsp3) is 0.500. The lowest BCUT2D eigenvalue weighted by Gasteiger charge is -2.43. The van der Waals surface area contributed by atoms with Gasteiger partial charge in [0.15, 0.2) is 5.82 Å². The largest absolute Gasteiger partial charge is 0.329 e. The lowest BCUT2D eigenvalue weighted by atomic mass is 9.72. The third kappa shape index (κ3) is 2.56. The molecule has 4 rings (SSSR count). The number of hydrogen-bond donors (Lipinski definition) is 2. The molecule has 1 aromatic carbocycles. The number of nitrogens with zero attached hydrogens (tertiary/aromatic N) is 3. The quantitative estimate of drug-likeness (QED) is 0.911. The maximum absolute atomic E-state index is 12.6. The highest BCUT2D eigenvalue weighted by molar-refractivity contribution is 5.75. The molecule has 1 saturated carbocycles. The Labute approximate surface area is 141 Å². The van der Waals surface area contributed by atoms with Crippen molar-refractivity contribution in [3.63, 3.8) is 0 Å². The zero-order valence-electron chi connectivity index (χ0n) is 14.0. The number of aryl methyl sites for hydroxylation is 1. The summed E-state index contributed by atoms with van der Waals surface area (Å²) in [6, 6.07) is 10.1. The van der Waals surface area contributed by atoms with Gasteiger partial charge in [-0.1, -0.05) is 30.3 Å². The van der Waals surface area contributed by atoms with Gasteiger partial charge in [0.2, 0.25) is 0 Å². The fourth-order valence-corrected chi connectivity index (χ4v) is 3.84. The standard InChI is InChI=1S/C18H23N5O/c1-13-21-22-16-15(9-5-12-23(13)16)19-17(24)20-18(10-6-11-18)14-7-3-2-4-8-14/h2-4,7-8,15H,5-6,9-12H2,1H3,(H2,19,20,24). The predicted octanol–water partition coefficient (Wildman–Crippen LogP) is 2.80. The van der Waals surface area contributed by atoms with Crippen LogP contribution in [-0.2, 0) is 12.1 Å². The van der Waals surface area contributed by atoms with Gasteiger partial charge in [-0.3, -0.25) is 0 Å². The van der Waals surface area contributed by atoms with Crippen LogP contribution in [0.25, 0.3) is 0 Å². The Balaban J connectivity index is 1.48. The van der Waals surface area contributed by atoms with Crippen molar-refractivity contribution >= 4 is 6.03 Å². The van der Waals surface area contributed by atoms with E-state index in [1.54, 1.807) is 0 Å². The van der Waals surface area contributed by atoms with Crippen molar-refractivity contribution in [3.8, 4) is 0 Å². The van der Waals surface area contributed by atoms with Gasteiger partial charge in [0.25, 0.3) is 0 Å². The Morgan fingerprint density at radius 1 is 1.21 bits per heavy atom. The molecule has 6 nitrogen and oxygen atoms in total. The lowest BCUT2D eigenvalue weighted by molar-refractivity contribution is 0.173. The first-order valence-electron chi connectivity index (χ1n) is 8.72. The van der Waals surface area contributed by atoms with Crippen molar-refractivity contribution in [1.82, 2.24) is 25.4 Å². The minimum atomic E-state index is -0.219. The molecule has 1 atom stereocenters. The van der Waals surface area contributed by atoms with Crippen LogP contribution in [0.1, 0.15) is 55.4 Å². The van der Waals surface area contributed by atoms with Crippen molar-refractivity contribution in [2.75, 3.05) is 0 Å². The number of benzene rings is 1. The molecule has 2 aromatic rings. The summed E-state index contributed by atoms with van der Waals surface area (Å²) in [4.78, 5) is 12.6. The maximum atomic E-state index is 12.6. The van der Waals surface area contributed by atoms with Crippen molar-refractivity contribution in [2.24, 2.45) is 0 Å². The van der Waals surface area contributed by atoms with Crippen LogP contribution < -0.4 is 10.6 Å². The first-order valence-corrected chi connectivity index (χ1v) is 8.72. The molecule has 2 N–H and O–H groups in total. The van der Waals surface area contributed by atoms with Gasteiger partial charge < -0.3 is 15.2 Å². The Hall–Kier alpha value is -2.37. The normalized spacial score (nSPS) is 21.5. The summed E-state index contributed by atoms with van der Waals surface area (Å²) >= 11 is 0. The van der Waals surface area contributed by atoms with Crippen LogP contribution in [-0.4, -0.2) is 20.8 Å². The predicted molar refractivity (Wildman–Crippen MR) is 90.4 cm³/mol. The highest BCUT2D eigenvalue weighted by Gasteiger charge is 2.40. The number of urea groups is 1. The van der Waals surface area contributed by atoms with E-state index in [2.05, 4.69) is 37.5 Å². The summed E-state index contributed by atoms with van der Waals surface area (Å²) in [5.74, 6) is 1.79. The van der Waals surface area contributed by atoms with Crippen LogP contribution >= 0.6 is 0 Å². The number of aromatic nitrogens is 3. The van der Waals surface area contributed by atoms with Crippen molar-refractivity contribution in [2.45, 2.75) is 57.2 Å². The molecule has 0 radical (unpaired) electrons. The summed E-state index contributed by atoms with van der Waals surface area (Å²) in [7, 11) is 0. The molecule has 1 unspecified atom stereocenters. The van der Waals surface area contributed by atoms with Crippen molar-refractivity contribution in [1.29, 1.82) is 0 Å². The number of carbonyl (C=O) groups excluding carboxylic acids is 1. The summed E-state index contributed by atoms with van der Waals surface area (Å²) in [5, 5.41) is 14.7. The second kappa shape index (κ2) is 5.92. The molecule has 1 aromatic heterocycles. The molecule has 2 aliphatic rings. The highest BCUT2D eigenvalue weighted by Crippen LogP contribution is 2.41. The average Bonchev–Trinajstić information content (AvgIpc) is 2.94. The van der Waals surface area contributed by atoms with Gasteiger partial charge in [-0.25, -0.2) is 4.79 Å². The molecule has 0 bridgehead atoms. The van der Waals surface area contributed by atoms with Crippen LogP contribution in [0.2, 0.25) is 0 Å². The molecule has 24 heavy (non-hydrogen) atoms. The van der Waals surface area contributed by atoms with Crippen LogP contribution in [0.15, 0.2) is 30.3 Å². The summed E-state index contributed by atoms with van der Waals surface area (Å²) in [5.41, 5.74) is 0.970.